The second-order valence-electron chi connectivity index (χ2n) is 7.39. The molecule has 6 nitrogen and oxygen atoms in total. The molecule has 1 atom stereocenters. The molecule has 170 valence electrons. The first-order valence-electron chi connectivity index (χ1n) is 9.92. The number of alkyl halides is 3. The number of hydrogen-bond donors (Lipinski definition) is 0. The largest absolute Gasteiger partial charge is 0.483 e. The molecular weight excluding hydrogens is 425 g/mol. The van der Waals surface area contributed by atoms with E-state index < -0.39 is 12.8 Å². The van der Waals surface area contributed by atoms with Crippen molar-refractivity contribution >= 4 is 5.78 Å². The zero-order chi connectivity index (χ0) is 23.1. The molecule has 0 unspecified atom stereocenters. The van der Waals surface area contributed by atoms with Crippen molar-refractivity contribution in [3.63, 3.8) is 0 Å². The van der Waals surface area contributed by atoms with E-state index in [0.29, 0.717) is 5.69 Å². The summed E-state index contributed by atoms with van der Waals surface area (Å²) in [5, 5.41) is 3.77. The second kappa shape index (κ2) is 10.4. The lowest BCUT2D eigenvalue weighted by molar-refractivity contribution is -0.153. The third-order valence-corrected chi connectivity index (χ3v) is 4.84. The number of aryl methyl sites for hydroxylation is 1. The van der Waals surface area contributed by atoms with Crippen molar-refractivity contribution in [3.05, 3.63) is 65.8 Å². The number of ether oxygens (including phenoxy) is 2. The highest BCUT2D eigenvalue weighted by molar-refractivity contribution is 5.82. The summed E-state index contributed by atoms with van der Waals surface area (Å²) in [6, 6.07) is 10.6. The molecule has 0 bridgehead atoms. The molecule has 0 aliphatic heterocycles. The fourth-order valence-electron chi connectivity index (χ4n) is 3.29. The molecule has 3 rings (SSSR count). The Morgan fingerprint density at radius 3 is 2.44 bits per heavy atom. The molecular formula is C23H23F3N2O4. The summed E-state index contributed by atoms with van der Waals surface area (Å²) >= 11 is 0. The Morgan fingerprint density at radius 1 is 1.12 bits per heavy atom. The van der Waals surface area contributed by atoms with Gasteiger partial charge in [-0.15, -0.1) is 0 Å². The standard InChI is InChI=1S/C23H23F3N2O4/c1-15-21(12-28-32-15)17-5-3-16(4-6-17)9-19(29)10-18(13-30-2)22-8-7-20(11-27-22)31-14-23(24,25)26/h3-8,11-12,18H,9-10,13-14H2,1-2H3/t18-/m1/s1. The average molecular weight is 448 g/mol. The van der Waals surface area contributed by atoms with E-state index in [9.17, 15) is 18.0 Å². The molecule has 0 saturated carbocycles. The van der Waals surface area contributed by atoms with Gasteiger partial charge in [-0.25, -0.2) is 0 Å². The molecule has 0 spiro atoms. The molecule has 0 saturated heterocycles. The third-order valence-electron chi connectivity index (χ3n) is 4.84. The van der Waals surface area contributed by atoms with Gasteiger partial charge in [0.05, 0.1) is 19.0 Å². The molecule has 3 aromatic rings. The summed E-state index contributed by atoms with van der Waals surface area (Å²) in [4.78, 5) is 16.8. The number of Topliss-reactive ketones (excluding diaryl/α,β-unsaturated/α-hetero) is 1. The number of carbonyl (C=O) groups is 1. The Hall–Kier alpha value is -3.20. The number of ketones is 1. The summed E-state index contributed by atoms with van der Waals surface area (Å²) in [5.41, 5.74) is 3.27. The van der Waals surface area contributed by atoms with E-state index in [0.717, 1.165) is 22.5 Å². The Bertz CT molecular complexity index is 1010. The molecule has 9 heteroatoms. The number of pyridine rings is 1. The van der Waals surface area contributed by atoms with Crippen molar-refractivity contribution < 1.29 is 32.0 Å². The van der Waals surface area contributed by atoms with Gasteiger partial charge in [-0.1, -0.05) is 29.4 Å². The highest BCUT2D eigenvalue weighted by Crippen LogP contribution is 2.25. The first-order chi connectivity index (χ1) is 15.2. The average Bonchev–Trinajstić information content (AvgIpc) is 3.18. The Morgan fingerprint density at radius 2 is 1.88 bits per heavy atom. The molecule has 0 N–H and O–H groups in total. The van der Waals surface area contributed by atoms with E-state index in [1.807, 2.05) is 31.2 Å². The normalized spacial score (nSPS) is 12.5. The van der Waals surface area contributed by atoms with E-state index in [4.69, 9.17) is 9.26 Å². The van der Waals surface area contributed by atoms with Gasteiger partial charge in [-0.2, -0.15) is 13.2 Å². The lowest BCUT2D eigenvalue weighted by Gasteiger charge is -2.16. The van der Waals surface area contributed by atoms with Gasteiger partial charge in [0.1, 0.15) is 17.3 Å². The minimum atomic E-state index is -4.42. The summed E-state index contributed by atoms with van der Waals surface area (Å²) in [7, 11) is 1.52. The van der Waals surface area contributed by atoms with Crippen LogP contribution in [-0.4, -0.2) is 42.4 Å². The van der Waals surface area contributed by atoms with Crippen molar-refractivity contribution in [1.29, 1.82) is 0 Å². The molecule has 1 aromatic carbocycles. The topological polar surface area (TPSA) is 74.5 Å². The molecule has 0 amide bonds. The molecule has 0 aliphatic carbocycles. The number of halogens is 3. The fraction of sp³-hybridized carbons (Fsp3) is 0.348. The molecule has 2 aromatic heterocycles. The van der Waals surface area contributed by atoms with Gasteiger partial charge in [0.25, 0.3) is 0 Å². The third kappa shape index (κ3) is 6.65. The monoisotopic (exact) mass is 448 g/mol. The maximum atomic E-state index is 12.7. The van der Waals surface area contributed by atoms with Gasteiger partial charge in [0.2, 0.25) is 0 Å². The van der Waals surface area contributed by atoms with Gasteiger partial charge in [0, 0.05) is 37.1 Å². The van der Waals surface area contributed by atoms with E-state index in [1.54, 1.807) is 12.3 Å². The predicted molar refractivity (Wildman–Crippen MR) is 110 cm³/mol. The Balaban J connectivity index is 1.60. The van der Waals surface area contributed by atoms with Gasteiger partial charge < -0.3 is 14.0 Å². The van der Waals surface area contributed by atoms with Crippen LogP contribution >= 0.6 is 0 Å². The smallest absolute Gasteiger partial charge is 0.422 e. The number of methoxy groups -OCH3 is 1. The van der Waals surface area contributed by atoms with Gasteiger partial charge >= 0.3 is 6.18 Å². The van der Waals surface area contributed by atoms with Crippen LogP contribution in [-0.2, 0) is 16.0 Å². The van der Waals surface area contributed by atoms with Crippen LogP contribution in [0.4, 0.5) is 13.2 Å². The first-order valence-corrected chi connectivity index (χ1v) is 9.92. The Kier molecular flexibility index (Phi) is 7.63. The van der Waals surface area contributed by atoms with Crippen molar-refractivity contribution in [2.45, 2.75) is 31.9 Å². The molecule has 2 heterocycles. The summed E-state index contributed by atoms with van der Waals surface area (Å²) < 4.78 is 51.8. The van der Waals surface area contributed by atoms with Gasteiger partial charge in [-0.05, 0) is 30.2 Å². The van der Waals surface area contributed by atoms with E-state index in [2.05, 4.69) is 14.9 Å². The second-order valence-corrected chi connectivity index (χ2v) is 7.39. The van der Waals surface area contributed by atoms with Crippen LogP contribution in [0.15, 0.2) is 53.3 Å². The first kappa shape index (κ1) is 23.5. The van der Waals surface area contributed by atoms with Crippen LogP contribution < -0.4 is 4.74 Å². The molecule has 0 fully saturated rings. The van der Waals surface area contributed by atoms with Crippen molar-refractivity contribution in [3.8, 4) is 16.9 Å². The minimum absolute atomic E-state index is 0.000145. The molecule has 0 aliphatic rings. The number of rotatable bonds is 10. The van der Waals surface area contributed by atoms with Crippen LogP contribution in [0.5, 0.6) is 5.75 Å². The van der Waals surface area contributed by atoms with Crippen molar-refractivity contribution in [1.82, 2.24) is 10.1 Å². The molecule has 0 radical (unpaired) electrons. The van der Waals surface area contributed by atoms with E-state index >= 15 is 0 Å². The van der Waals surface area contributed by atoms with Crippen LogP contribution in [0.3, 0.4) is 0 Å². The fourth-order valence-corrected chi connectivity index (χ4v) is 3.29. The number of hydrogen-bond acceptors (Lipinski definition) is 6. The summed E-state index contributed by atoms with van der Waals surface area (Å²) in [5.74, 6) is 0.415. The maximum absolute atomic E-state index is 12.7. The minimum Gasteiger partial charge on any atom is -0.483 e. The van der Waals surface area contributed by atoms with E-state index in [1.165, 1.54) is 19.4 Å². The van der Waals surface area contributed by atoms with Crippen molar-refractivity contribution in [2.24, 2.45) is 0 Å². The highest BCUT2D eigenvalue weighted by Gasteiger charge is 2.28. The quantitative estimate of drug-likeness (QED) is 0.438. The lowest BCUT2D eigenvalue weighted by atomic mass is 9.95. The molecule has 32 heavy (non-hydrogen) atoms. The van der Waals surface area contributed by atoms with Crippen molar-refractivity contribution in [2.75, 3.05) is 20.3 Å². The zero-order valence-electron chi connectivity index (χ0n) is 17.7. The predicted octanol–water partition coefficient (Wildman–Crippen LogP) is 4.92. The van der Waals surface area contributed by atoms with Crippen LogP contribution in [0.1, 0.15) is 29.4 Å². The van der Waals surface area contributed by atoms with E-state index in [-0.39, 0.29) is 36.9 Å². The van der Waals surface area contributed by atoms with Crippen LogP contribution in [0.2, 0.25) is 0 Å². The number of carbonyl (C=O) groups excluding carboxylic acids is 1. The van der Waals surface area contributed by atoms with Crippen LogP contribution in [0, 0.1) is 6.92 Å². The maximum Gasteiger partial charge on any atom is 0.422 e. The lowest BCUT2D eigenvalue weighted by Crippen LogP contribution is -2.19. The Labute approximate surface area is 183 Å². The number of aromatic nitrogens is 2. The summed E-state index contributed by atoms with van der Waals surface area (Å²) in [6.45, 7) is 0.704. The highest BCUT2D eigenvalue weighted by atomic mass is 19.4. The zero-order valence-corrected chi connectivity index (χ0v) is 17.7. The van der Waals surface area contributed by atoms with Gasteiger partial charge in [0.15, 0.2) is 6.61 Å². The van der Waals surface area contributed by atoms with Gasteiger partial charge in [-0.3, -0.25) is 9.78 Å². The summed E-state index contributed by atoms with van der Waals surface area (Å²) in [6.07, 6.45) is -1.11. The number of benzene rings is 1. The SMILES string of the molecule is COC[C@@H](CC(=O)Cc1ccc(-c2cnoc2C)cc1)c1ccc(OCC(F)(F)F)cn1. The van der Waals surface area contributed by atoms with Crippen LogP contribution in [0.25, 0.3) is 11.1 Å². The number of nitrogens with zero attached hydrogens (tertiary/aromatic N) is 2.